The van der Waals surface area contributed by atoms with E-state index in [9.17, 15) is 4.79 Å². The van der Waals surface area contributed by atoms with E-state index in [1.807, 2.05) is 19.1 Å². The number of amides is 1. The molecule has 2 aromatic rings. The van der Waals surface area contributed by atoms with Crippen molar-refractivity contribution in [3.8, 4) is 0 Å². The third-order valence-corrected chi connectivity index (χ3v) is 5.25. The van der Waals surface area contributed by atoms with E-state index in [1.54, 1.807) is 22.4 Å². The summed E-state index contributed by atoms with van der Waals surface area (Å²) in [6, 6.07) is 5.88. The number of anilines is 1. The molecular weight excluding hydrogens is 364 g/mol. The average Bonchev–Trinajstić information content (AvgIpc) is 2.99. The Labute approximate surface area is 142 Å². The molecule has 4 nitrogen and oxygen atoms in total. The summed E-state index contributed by atoms with van der Waals surface area (Å²) in [5.41, 5.74) is 1.32. The van der Waals surface area contributed by atoms with Gasteiger partial charge in [-0.15, -0.1) is 11.3 Å². The molecule has 3 heterocycles. The number of hydrogen-bond acceptors (Lipinski definition) is 4. The second kappa shape index (κ2) is 6.89. The van der Waals surface area contributed by atoms with Crippen molar-refractivity contribution in [1.82, 2.24) is 4.98 Å². The van der Waals surface area contributed by atoms with Gasteiger partial charge >= 0.3 is 0 Å². The van der Waals surface area contributed by atoms with E-state index in [2.05, 4.69) is 32.4 Å². The first-order valence-electron chi connectivity index (χ1n) is 7.29. The fourth-order valence-corrected chi connectivity index (χ4v) is 3.88. The van der Waals surface area contributed by atoms with Gasteiger partial charge in [-0.2, -0.15) is 0 Å². The number of thiophene rings is 1. The summed E-state index contributed by atoms with van der Waals surface area (Å²) < 4.78 is 6.72. The highest BCUT2D eigenvalue weighted by Gasteiger charge is 2.27. The first-order chi connectivity index (χ1) is 10.7. The third-order valence-electron chi connectivity index (χ3n) is 3.73. The number of rotatable bonds is 4. The van der Waals surface area contributed by atoms with E-state index in [0.29, 0.717) is 25.4 Å². The first-order valence-corrected chi connectivity index (χ1v) is 8.96. The molecule has 0 radical (unpaired) electrons. The molecule has 116 valence electrons. The van der Waals surface area contributed by atoms with Crippen molar-refractivity contribution in [3.63, 3.8) is 0 Å². The monoisotopic (exact) mass is 380 g/mol. The van der Waals surface area contributed by atoms with Gasteiger partial charge in [-0.1, -0.05) is 0 Å². The highest BCUT2D eigenvalue weighted by Crippen LogP contribution is 2.34. The zero-order valence-corrected chi connectivity index (χ0v) is 14.7. The van der Waals surface area contributed by atoms with Gasteiger partial charge in [0.15, 0.2) is 0 Å². The smallest absolute Gasteiger partial charge is 0.231 e. The maximum atomic E-state index is 12.7. The molecule has 0 bridgehead atoms. The molecule has 0 saturated heterocycles. The van der Waals surface area contributed by atoms with Crippen molar-refractivity contribution in [3.05, 3.63) is 44.7 Å². The van der Waals surface area contributed by atoms with Gasteiger partial charge in [0.05, 0.1) is 13.0 Å². The summed E-state index contributed by atoms with van der Waals surface area (Å²) >= 11 is 5.04. The van der Waals surface area contributed by atoms with Crippen LogP contribution in [0.1, 0.15) is 29.9 Å². The summed E-state index contributed by atoms with van der Waals surface area (Å²) in [5.74, 6) is 0.724. The number of fused-ring (bicyclic) bond motifs is 1. The molecule has 0 aliphatic carbocycles. The van der Waals surface area contributed by atoms with Gasteiger partial charge in [0.2, 0.25) is 5.91 Å². The van der Waals surface area contributed by atoms with Crippen LogP contribution in [-0.2, 0) is 16.0 Å². The molecule has 6 heteroatoms. The maximum absolute atomic E-state index is 12.7. The number of pyridine rings is 1. The van der Waals surface area contributed by atoms with Crippen molar-refractivity contribution in [1.29, 1.82) is 0 Å². The summed E-state index contributed by atoms with van der Waals surface area (Å²) in [5, 5.41) is 2.07. The molecule has 1 aliphatic rings. The second-order valence-electron chi connectivity index (χ2n) is 5.10. The Morgan fingerprint density at radius 3 is 3.09 bits per heavy atom. The number of hydrogen-bond donors (Lipinski definition) is 0. The van der Waals surface area contributed by atoms with Crippen LogP contribution in [0.5, 0.6) is 0 Å². The van der Waals surface area contributed by atoms with Crippen molar-refractivity contribution >= 4 is 39.0 Å². The van der Waals surface area contributed by atoms with Crippen molar-refractivity contribution in [2.45, 2.75) is 25.9 Å². The lowest BCUT2D eigenvalue weighted by atomic mass is 10.1. The Kier molecular flexibility index (Phi) is 4.90. The molecule has 0 fully saturated rings. The average molecular weight is 381 g/mol. The van der Waals surface area contributed by atoms with Gasteiger partial charge in [0.25, 0.3) is 0 Å². The molecular formula is C16H17BrN2O2S. The third kappa shape index (κ3) is 3.24. The molecule has 22 heavy (non-hydrogen) atoms. The summed E-state index contributed by atoms with van der Waals surface area (Å²) in [6.07, 6.45) is 2.88. The minimum Gasteiger partial charge on any atom is -0.372 e. The Balaban J connectivity index is 1.75. The van der Waals surface area contributed by atoms with Crippen molar-refractivity contribution < 1.29 is 9.53 Å². The van der Waals surface area contributed by atoms with E-state index < -0.39 is 0 Å². The van der Waals surface area contributed by atoms with Crippen LogP contribution in [0, 0.1) is 0 Å². The summed E-state index contributed by atoms with van der Waals surface area (Å²) in [7, 11) is 0. The fourth-order valence-electron chi connectivity index (χ4n) is 2.64. The number of halogens is 1. The van der Waals surface area contributed by atoms with Crippen LogP contribution in [0.4, 0.5) is 5.82 Å². The van der Waals surface area contributed by atoms with E-state index >= 15 is 0 Å². The maximum Gasteiger partial charge on any atom is 0.231 e. The standard InChI is InChI=1S/C16H17BrN2O2S/c1-2-19(14-4-3-12(17)10-18-14)15(20)9-13-16-11(5-7-21-13)6-8-22-16/h3-4,6,8,10,13H,2,5,7,9H2,1H3. The van der Waals surface area contributed by atoms with Crippen LogP contribution in [0.2, 0.25) is 0 Å². The SMILES string of the molecule is CCN(C(=O)CC1OCCc2ccsc21)c1ccc(Br)cn1. The lowest BCUT2D eigenvalue weighted by Crippen LogP contribution is -2.33. The Hall–Kier alpha value is -1.24. The summed E-state index contributed by atoms with van der Waals surface area (Å²) in [6.45, 7) is 3.24. The van der Waals surface area contributed by atoms with Gasteiger partial charge in [0, 0.05) is 22.1 Å². The van der Waals surface area contributed by atoms with Crippen LogP contribution in [0.15, 0.2) is 34.2 Å². The normalized spacial score (nSPS) is 17.1. The highest BCUT2D eigenvalue weighted by molar-refractivity contribution is 9.10. The van der Waals surface area contributed by atoms with Crippen LogP contribution >= 0.6 is 27.3 Å². The van der Waals surface area contributed by atoms with Crippen LogP contribution in [0.3, 0.4) is 0 Å². The zero-order valence-electron chi connectivity index (χ0n) is 12.3. The minimum atomic E-state index is -0.124. The molecule has 0 saturated carbocycles. The van der Waals surface area contributed by atoms with Gasteiger partial charge in [-0.05, 0) is 58.4 Å². The van der Waals surface area contributed by atoms with E-state index in [1.165, 1.54) is 10.4 Å². The molecule has 1 aliphatic heterocycles. The van der Waals surface area contributed by atoms with Crippen LogP contribution < -0.4 is 4.90 Å². The van der Waals surface area contributed by atoms with Gasteiger partial charge in [-0.3, -0.25) is 9.69 Å². The summed E-state index contributed by atoms with van der Waals surface area (Å²) in [4.78, 5) is 19.9. The van der Waals surface area contributed by atoms with E-state index in [0.717, 1.165) is 10.9 Å². The second-order valence-corrected chi connectivity index (χ2v) is 6.96. The number of aromatic nitrogens is 1. The first kappa shape index (κ1) is 15.6. The topological polar surface area (TPSA) is 42.4 Å². The predicted octanol–water partition coefficient (Wildman–Crippen LogP) is 3.96. The van der Waals surface area contributed by atoms with Gasteiger partial charge in [0.1, 0.15) is 11.9 Å². The number of ether oxygens (including phenoxy) is 1. The van der Waals surface area contributed by atoms with E-state index in [4.69, 9.17) is 4.74 Å². The van der Waals surface area contributed by atoms with Crippen molar-refractivity contribution in [2.75, 3.05) is 18.1 Å². The zero-order chi connectivity index (χ0) is 15.5. The minimum absolute atomic E-state index is 0.0450. The number of carbonyl (C=O) groups excluding carboxylic acids is 1. The van der Waals surface area contributed by atoms with Gasteiger partial charge in [-0.25, -0.2) is 4.98 Å². The molecule has 1 unspecified atom stereocenters. The molecule has 2 aromatic heterocycles. The highest BCUT2D eigenvalue weighted by atomic mass is 79.9. The molecule has 0 N–H and O–H groups in total. The molecule has 1 amide bonds. The fraction of sp³-hybridized carbons (Fsp3) is 0.375. The quantitative estimate of drug-likeness (QED) is 0.805. The lowest BCUT2D eigenvalue weighted by molar-refractivity contribution is -0.121. The van der Waals surface area contributed by atoms with Crippen LogP contribution in [-0.4, -0.2) is 24.0 Å². The molecule has 1 atom stereocenters. The Morgan fingerprint density at radius 2 is 2.36 bits per heavy atom. The molecule has 0 aromatic carbocycles. The van der Waals surface area contributed by atoms with E-state index in [-0.39, 0.29) is 12.0 Å². The molecule has 3 rings (SSSR count). The lowest BCUT2D eigenvalue weighted by Gasteiger charge is -2.26. The Bertz CT molecular complexity index is 656. The number of carbonyl (C=O) groups is 1. The predicted molar refractivity (Wildman–Crippen MR) is 91.3 cm³/mol. The Morgan fingerprint density at radius 1 is 1.50 bits per heavy atom. The molecule has 0 spiro atoms. The van der Waals surface area contributed by atoms with Crippen LogP contribution in [0.25, 0.3) is 0 Å². The largest absolute Gasteiger partial charge is 0.372 e. The van der Waals surface area contributed by atoms with Crippen molar-refractivity contribution in [2.24, 2.45) is 0 Å². The number of nitrogens with zero attached hydrogens (tertiary/aromatic N) is 2. The van der Waals surface area contributed by atoms with Gasteiger partial charge < -0.3 is 4.74 Å².